The zero-order valence-electron chi connectivity index (χ0n) is 6.42. The molecule has 1 amide bonds. The van der Waals surface area contributed by atoms with Gasteiger partial charge in [0.25, 0.3) is 5.91 Å². The van der Waals surface area contributed by atoms with Crippen LogP contribution in [-0.2, 0) is 9.53 Å². The molecule has 0 heterocycles. The van der Waals surface area contributed by atoms with Crippen LogP contribution in [0.15, 0.2) is 34.6 Å². The molecule has 1 rings (SSSR count). The van der Waals surface area contributed by atoms with Gasteiger partial charge in [0.2, 0.25) is 0 Å². The SMILES string of the molecule is COC1=C=C=C(C(N)=O)C(O)=C1. The van der Waals surface area contributed by atoms with E-state index in [-0.39, 0.29) is 11.3 Å². The van der Waals surface area contributed by atoms with Crippen LogP contribution in [0.2, 0.25) is 0 Å². The van der Waals surface area contributed by atoms with E-state index in [9.17, 15) is 4.79 Å². The summed E-state index contributed by atoms with van der Waals surface area (Å²) < 4.78 is 4.73. The number of methoxy groups -OCH3 is 1. The summed E-state index contributed by atoms with van der Waals surface area (Å²) in [5, 5.41) is 9.16. The molecule has 0 atom stereocenters. The summed E-state index contributed by atoms with van der Waals surface area (Å²) in [5.74, 6) is -0.693. The molecule has 4 heteroatoms. The molecule has 12 heavy (non-hydrogen) atoms. The second-order valence-corrected chi connectivity index (χ2v) is 2.09. The molecule has 0 saturated carbocycles. The van der Waals surface area contributed by atoms with E-state index >= 15 is 0 Å². The third-order valence-corrected chi connectivity index (χ3v) is 1.30. The lowest BCUT2D eigenvalue weighted by molar-refractivity contribution is -0.114. The predicted molar refractivity (Wildman–Crippen MR) is 41.0 cm³/mol. The second kappa shape index (κ2) is 3.01. The van der Waals surface area contributed by atoms with E-state index in [1.54, 1.807) is 0 Å². The molecule has 0 bridgehead atoms. The lowest BCUT2D eigenvalue weighted by atomic mass is 10.1. The molecule has 0 aromatic carbocycles. The maximum absolute atomic E-state index is 10.6. The standard InChI is InChI=1S/C8H7NO3/c1-12-5-2-3-6(8(9)11)7(10)4-5/h4,10H,1H3,(H2,9,11). The van der Waals surface area contributed by atoms with Gasteiger partial charge in [-0.2, -0.15) is 0 Å². The molecule has 0 radical (unpaired) electrons. The van der Waals surface area contributed by atoms with E-state index in [0.717, 1.165) is 0 Å². The largest absolute Gasteiger partial charge is 0.506 e. The first-order chi connectivity index (χ1) is 5.65. The van der Waals surface area contributed by atoms with E-state index in [0.29, 0.717) is 5.76 Å². The van der Waals surface area contributed by atoms with Crippen LogP contribution in [0.3, 0.4) is 0 Å². The van der Waals surface area contributed by atoms with Gasteiger partial charge in [0.15, 0.2) is 5.76 Å². The summed E-state index contributed by atoms with van der Waals surface area (Å²) in [4.78, 5) is 10.6. The van der Waals surface area contributed by atoms with E-state index in [1.807, 2.05) is 0 Å². The van der Waals surface area contributed by atoms with Crippen molar-refractivity contribution in [2.75, 3.05) is 7.11 Å². The minimum absolute atomic E-state index is 0.0872. The number of aliphatic hydroxyl groups excluding tert-OH is 1. The fraction of sp³-hybridized carbons (Fsp3) is 0.125. The molecule has 0 aromatic heterocycles. The van der Waals surface area contributed by atoms with Crippen molar-refractivity contribution in [3.63, 3.8) is 0 Å². The number of ether oxygens (including phenoxy) is 1. The molecule has 3 N–H and O–H groups in total. The lowest BCUT2D eigenvalue weighted by Gasteiger charge is -2.02. The fourth-order valence-corrected chi connectivity index (χ4v) is 0.718. The Bertz CT molecular complexity index is 352. The number of carbonyl (C=O) groups is 1. The average molecular weight is 165 g/mol. The van der Waals surface area contributed by atoms with Crippen LogP contribution < -0.4 is 5.73 Å². The highest BCUT2D eigenvalue weighted by atomic mass is 16.5. The smallest absolute Gasteiger partial charge is 0.261 e. The summed E-state index contributed by atoms with van der Waals surface area (Å²) in [6.45, 7) is 0. The molecule has 0 spiro atoms. The van der Waals surface area contributed by atoms with Gasteiger partial charge in [-0.15, -0.1) is 0 Å². The first kappa shape index (κ1) is 8.21. The molecule has 0 aliphatic heterocycles. The molecule has 4 nitrogen and oxygen atoms in total. The maximum atomic E-state index is 10.6. The number of hydrogen-bond acceptors (Lipinski definition) is 3. The third kappa shape index (κ3) is 1.40. The van der Waals surface area contributed by atoms with Crippen molar-refractivity contribution in [2.24, 2.45) is 5.73 Å². The van der Waals surface area contributed by atoms with E-state index < -0.39 is 5.91 Å². The topological polar surface area (TPSA) is 72.5 Å². The van der Waals surface area contributed by atoms with Crippen molar-refractivity contribution in [1.29, 1.82) is 0 Å². The van der Waals surface area contributed by atoms with E-state index in [1.165, 1.54) is 13.2 Å². The number of rotatable bonds is 2. The van der Waals surface area contributed by atoms with Crippen molar-refractivity contribution < 1.29 is 14.6 Å². The van der Waals surface area contributed by atoms with Crippen molar-refractivity contribution in [1.82, 2.24) is 0 Å². The number of allylic oxidation sites excluding steroid dienone is 1. The average Bonchev–Trinajstić information content (AvgIpc) is 2.03. The number of aliphatic hydroxyl groups is 1. The van der Waals surface area contributed by atoms with Crippen LogP contribution in [0, 0.1) is 0 Å². The van der Waals surface area contributed by atoms with Gasteiger partial charge in [0.1, 0.15) is 11.3 Å². The lowest BCUT2D eigenvalue weighted by Crippen LogP contribution is -2.15. The highest BCUT2D eigenvalue weighted by Crippen LogP contribution is 2.11. The summed E-state index contributed by atoms with van der Waals surface area (Å²) in [5.41, 5.74) is 9.71. The van der Waals surface area contributed by atoms with Gasteiger partial charge < -0.3 is 15.6 Å². The molecule has 0 aromatic rings. The Balaban J connectivity index is 3.20. The molecule has 0 saturated heterocycles. The molecule has 1 aliphatic rings. The highest BCUT2D eigenvalue weighted by Gasteiger charge is 2.12. The van der Waals surface area contributed by atoms with Gasteiger partial charge in [-0.05, 0) is 11.5 Å². The minimum Gasteiger partial charge on any atom is -0.506 e. The van der Waals surface area contributed by atoms with Gasteiger partial charge in [-0.1, -0.05) is 0 Å². The summed E-state index contributed by atoms with van der Waals surface area (Å²) in [6.07, 6.45) is 1.25. The monoisotopic (exact) mass is 165 g/mol. The summed E-state index contributed by atoms with van der Waals surface area (Å²) in [7, 11) is 1.42. The number of primary amides is 1. The number of amides is 1. The Kier molecular flexibility index (Phi) is 2.06. The van der Waals surface area contributed by atoms with Crippen LogP contribution in [-0.4, -0.2) is 18.1 Å². The van der Waals surface area contributed by atoms with Crippen LogP contribution in [0.1, 0.15) is 0 Å². The number of hydrogen-bond donors (Lipinski definition) is 2. The Morgan fingerprint density at radius 3 is 2.75 bits per heavy atom. The maximum Gasteiger partial charge on any atom is 0.261 e. The third-order valence-electron chi connectivity index (χ3n) is 1.30. The Morgan fingerprint density at radius 2 is 2.33 bits per heavy atom. The van der Waals surface area contributed by atoms with Crippen LogP contribution in [0.25, 0.3) is 0 Å². The first-order valence-electron chi connectivity index (χ1n) is 3.16. The van der Waals surface area contributed by atoms with Crippen molar-refractivity contribution in [2.45, 2.75) is 0 Å². The first-order valence-corrected chi connectivity index (χ1v) is 3.16. The zero-order chi connectivity index (χ0) is 9.14. The van der Waals surface area contributed by atoms with Crippen LogP contribution >= 0.6 is 0 Å². The predicted octanol–water partition coefficient (Wildman–Crippen LogP) is 0.138. The van der Waals surface area contributed by atoms with E-state index in [2.05, 4.69) is 11.5 Å². The normalized spacial score (nSPS) is 14.6. The van der Waals surface area contributed by atoms with Gasteiger partial charge >= 0.3 is 0 Å². The van der Waals surface area contributed by atoms with Crippen LogP contribution in [0.4, 0.5) is 0 Å². The van der Waals surface area contributed by atoms with Gasteiger partial charge in [-0.3, -0.25) is 4.79 Å². The van der Waals surface area contributed by atoms with Gasteiger partial charge in [-0.25, -0.2) is 0 Å². The van der Waals surface area contributed by atoms with Gasteiger partial charge in [0, 0.05) is 6.08 Å². The van der Waals surface area contributed by atoms with Crippen molar-refractivity contribution >= 4 is 5.91 Å². The van der Waals surface area contributed by atoms with Gasteiger partial charge in [0.05, 0.1) is 7.11 Å². The van der Waals surface area contributed by atoms with Crippen molar-refractivity contribution in [3.8, 4) is 0 Å². The number of carbonyl (C=O) groups excluding carboxylic acids is 1. The fourth-order valence-electron chi connectivity index (χ4n) is 0.718. The minimum atomic E-state index is -0.744. The Morgan fingerprint density at radius 1 is 1.67 bits per heavy atom. The molecule has 0 unspecified atom stereocenters. The van der Waals surface area contributed by atoms with Crippen LogP contribution in [0.5, 0.6) is 0 Å². The zero-order valence-corrected chi connectivity index (χ0v) is 6.42. The van der Waals surface area contributed by atoms with E-state index in [4.69, 9.17) is 15.6 Å². The number of nitrogens with two attached hydrogens (primary N) is 1. The second-order valence-electron chi connectivity index (χ2n) is 2.09. The molecular formula is C8H7NO3. The molecule has 62 valence electrons. The molecular weight excluding hydrogens is 158 g/mol. The summed E-state index contributed by atoms with van der Waals surface area (Å²) in [6, 6.07) is 0. The Labute approximate surface area is 68.9 Å². The quantitative estimate of drug-likeness (QED) is 0.571. The Hall–Kier alpha value is -1.89. The molecule has 1 aliphatic carbocycles. The van der Waals surface area contributed by atoms with Crippen molar-refractivity contribution in [3.05, 3.63) is 34.6 Å². The highest BCUT2D eigenvalue weighted by molar-refractivity contribution is 5.95. The molecule has 0 fully saturated rings. The summed E-state index contributed by atoms with van der Waals surface area (Å²) >= 11 is 0.